The SMILES string of the molecule is CCOC[Si](NCCC[Si](OCC)(OCC)OCC)NCCC[Si](OCC)(OCC)OCC. The molecule has 0 amide bonds. The molecular formula is C21H51N2O7Si3. The van der Waals surface area contributed by atoms with Gasteiger partial charge in [0.1, 0.15) is 0 Å². The average Bonchev–Trinajstić information content (AvgIpc) is 2.78. The van der Waals surface area contributed by atoms with Crippen LogP contribution in [0.15, 0.2) is 0 Å². The lowest BCUT2D eigenvalue weighted by atomic mass is 10.5. The highest BCUT2D eigenvalue weighted by molar-refractivity contribution is 6.61. The standard InChI is InChI=1S/C21H51N2O7Si3/c1-8-24-21-31(22-17-15-19-32(25-9-2,26-10-3)27-11-4)23-18-16-20-33(28-12-5,29-13-6)30-14-7/h22-23H,8-21H2,1-7H3. The fourth-order valence-corrected chi connectivity index (χ4v) is 10.4. The summed E-state index contributed by atoms with van der Waals surface area (Å²) in [5, 5.41) is 0. The van der Waals surface area contributed by atoms with Crippen molar-refractivity contribution in [1.82, 2.24) is 9.96 Å². The van der Waals surface area contributed by atoms with Crippen molar-refractivity contribution < 1.29 is 31.3 Å². The molecule has 0 aromatic carbocycles. The number of hydrogen-bond acceptors (Lipinski definition) is 9. The van der Waals surface area contributed by atoms with Gasteiger partial charge >= 0.3 is 17.6 Å². The van der Waals surface area contributed by atoms with Gasteiger partial charge in [-0.05, 0) is 74.4 Å². The van der Waals surface area contributed by atoms with Crippen LogP contribution in [0.25, 0.3) is 0 Å². The summed E-state index contributed by atoms with van der Waals surface area (Å²) in [6.07, 6.45) is 2.57. The first-order chi connectivity index (χ1) is 16.0. The van der Waals surface area contributed by atoms with Crippen LogP contribution in [0.2, 0.25) is 12.1 Å². The summed E-state index contributed by atoms with van der Waals surface area (Å²) in [5.74, 6) is 0. The lowest BCUT2D eigenvalue weighted by Gasteiger charge is -2.29. The van der Waals surface area contributed by atoms with Crippen LogP contribution in [0.1, 0.15) is 61.3 Å². The van der Waals surface area contributed by atoms with Gasteiger partial charge in [0.05, 0.1) is 6.23 Å². The van der Waals surface area contributed by atoms with Crippen LogP contribution < -0.4 is 9.96 Å². The molecule has 2 N–H and O–H groups in total. The maximum Gasteiger partial charge on any atom is 0.500 e. The zero-order valence-electron chi connectivity index (χ0n) is 22.3. The fraction of sp³-hybridized carbons (Fsp3) is 1.00. The molecule has 0 rings (SSSR count). The van der Waals surface area contributed by atoms with Gasteiger partial charge in [0.2, 0.25) is 0 Å². The number of rotatable bonds is 25. The molecule has 0 aliphatic heterocycles. The molecule has 9 nitrogen and oxygen atoms in total. The Balaban J connectivity index is 4.64. The van der Waals surface area contributed by atoms with E-state index >= 15 is 0 Å². The molecule has 0 fully saturated rings. The van der Waals surface area contributed by atoms with Crippen LogP contribution in [0.5, 0.6) is 0 Å². The van der Waals surface area contributed by atoms with Crippen molar-refractivity contribution in [2.24, 2.45) is 0 Å². The molecule has 0 atom stereocenters. The summed E-state index contributed by atoms with van der Waals surface area (Å²) in [4.78, 5) is 7.33. The molecule has 199 valence electrons. The van der Waals surface area contributed by atoms with E-state index < -0.39 is 26.7 Å². The summed E-state index contributed by atoms with van der Waals surface area (Å²) < 4.78 is 41.4. The second kappa shape index (κ2) is 21.6. The Kier molecular flexibility index (Phi) is 21.8. The van der Waals surface area contributed by atoms with E-state index in [0.717, 1.165) is 38.0 Å². The third-order valence-electron chi connectivity index (χ3n) is 4.63. The lowest BCUT2D eigenvalue weighted by Crippen LogP contribution is -2.53. The Morgan fingerprint density at radius 3 is 1.12 bits per heavy atom. The Bertz CT molecular complexity index is 375. The van der Waals surface area contributed by atoms with E-state index in [0.29, 0.717) is 52.5 Å². The van der Waals surface area contributed by atoms with Crippen molar-refractivity contribution in [2.45, 2.75) is 73.4 Å². The summed E-state index contributed by atoms with van der Waals surface area (Å²) in [5.41, 5.74) is 0. The molecule has 0 unspecified atom stereocenters. The van der Waals surface area contributed by atoms with E-state index in [9.17, 15) is 0 Å². The van der Waals surface area contributed by atoms with E-state index in [1.165, 1.54) is 0 Å². The zero-order chi connectivity index (χ0) is 24.8. The molecule has 0 bridgehead atoms. The predicted octanol–water partition coefficient (Wildman–Crippen LogP) is 3.11. The summed E-state index contributed by atoms with van der Waals surface area (Å²) in [6, 6.07) is 1.62. The largest absolute Gasteiger partial charge is 0.500 e. The lowest BCUT2D eigenvalue weighted by molar-refractivity contribution is 0.0701. The molecule has 33 heavy (non-hydrogen) atoms. The van der Waals surface area contributed by atoms with Gasteiger partial charge in [-0.15, -0.1) is 0 Å². The highest BCUT2D eigenvalue weighted by Crippen LogP contribution is 2.19. The van der Waals surface area contributed by atoms with Gasteiger partial charge < -0.3 is 41.3 Å². The van der Waals surface area contributed by atoms with Gasteiger partial charge in [0.25, 0.3) is 9.12 Å². The molecule has 0 aromatic heterocycles. The van der Waals surface area contributed by atoms with Crippen molar-refractivity contribution in [3.05, 3.63) is 0 Å². The average molecular weight is 528 g/mol. The molecule has 0 heterocycles. The number of nitrogens with one attached hydrogen (secondary N) is 2. The van der Waals surface area contributed by atoms with Gasteiger partial charge in [0, 0.05) is 58.3 Å². The van der Waals surface area contributed by atoms with Crippen LogP contribution >= 0.6 is 0 Å². The first-order valence-electron chi connectivity index (χ1n) is 12.8. The van der Waals surface area contributed by atoms with Crippen LogP contribution in [0, 0.1) is 0 Å². The van der Waals surface area contributed by atoms with Crippen LogP contribution in [-0.4, -0.2) is 92.3 Å². The van der Waals surface area contributed by atoms with Crippen molar-refractivity contribution in [3.8, 4) is 0 Å². The Labute approximate surface area is 207 Å². The van der Waals surface area contributed by atoms with E-state index in [1.807, 2.05) is 48.5 Å². The molecule has 12 heteroatoms. The fourth-order valence-electron chi connectivity index (χ4n) is 3.46. The van der Waals surface area contributed by atoms with Crippen LogP contribution in [0.3, 0.4) is 0 Å². The van der Waals surface area contributed by atoms with Crippen LogP contribution in [0.4, 0.5) is 0 Å². The molecule has 0 aromatic rings. The van der Waals surface area contributed by atoms with E-state index in [1.54, 1.807) is 0 Å². The van der Waals surface area contributed by atoms with E-state index in [2.05, 4.69) is 9.96 Å². The smallest absolute Gasteiger partial charge is 0.382 e. The molecule has 1 radical (unpaired) electrons. The van der Waals surface area contributed by atoms with E-state index in [4.69, 9.17) is 31.3 Å². The zero-order valence-corrected chi connectivity index (χ0v) is 25.3. The van der Waals surface area contributed by atoms with E-state index in [-0.39, 0.29) is 0 Å². The van der Waals surface area contributed by atoms with Crippen molar-refractivity contribution >= 4 is 26.7 Å². The number of ether oxygens (including phenoxy) is 1. The topological polar surface area (TPSA) is 88.7 Å². The third-order valence-corrected chi connectivity index (χ3v) is 12.8. The Morgan fingerprint density at radius 2 is 0.848 bits per heavy atom. The van der Waals surface area contributed by atoms with Gasteiger partial charge in [-0.1, -0.05) is 0 Å². The predicted molar refractivity (Wildman–Crippen MR) is 138 cm³/mol. The Morgan fingerprint density at radius 1 is 0.515 bits per heavy atom. The normalized spacial score (nSPS) is 12.7. The van der Waals surface area contributed by atoms with Crippen molar-refractivity contribution in [2.75, 3.05) is 65.6 Å². The first-order valence-corrected chi connectivity index (χ1v) is 18.3. The summed E-state index contributed by atoms with van der Waals surface area (Å²) in [6.45, 7) is 20.1. The monoisotopic (exact) mass is 527 g/mol. The van der Waals surface area contributed by atoms with Gasteiger partial charge in [-0.25, -0.2) is 0 Å². The highest BCUT2D eigenvalue weighted by atomic mass is 28.4. The first kappa shape index (κ1) is 33.3. The second-order valence-electron chi connectivity index (χ2n) is 7.14. The maximum absolute atomic E-state index is 5.96. The van der Waals surface area contributed by atoms with Crippen molar-refractivity contribution in [3.63, 3.8) is 0 Å². The third kappa shape index (κ3) is 15.1. The van der Waals surface area contributed by atoms with Gasteiger partial charge in [-0.2, -0.15) is 0 Å². The van der Waals surface area contributed by atoms with Crippen LogP contribution in [-0.2, 0) is 31.3 Å². The summed E-state index contributed by atoms with van der Waals surface area (Å²) >= 11 is 0. The summed E-state index contributed by atoms with van der Waals surface area (Å²) in [7, 11) is -6.22. The minimum Gasteiger partial charge on any atom is -0.382 e. The second-order valence-corrected chi connectivity index (χ2v) is 14.6. The molecule has 0 spiro atoms. The highest BCUT2D eigenvalue weighted by Gasteiger charge is 2.40. The molecule has 0 saturated carbocycles. The quantitative estimate of drug-likeness (QED) is 0.137. The minimum atomic E-state index is -2.59. The maximum atomic E-state index is 5.96. The minimum absolute atomic E-state index is 0.608. The molecule has 0 aliphatic rings. The molecule has 0 aliphatic carbocycles. The Hall–Kier alpha value is 0.291. The van der Waals surface area contributed by atoms with Crippen molar-refractivity contribution in [1.29, 1.82) is 0 Å². The molecule has 0 saturated heterocycles. The number of hydrogen-bond donors (Lipinski definition) is 2. The van der Waals surface area contributed by atoms with Gasteiger partial charge in [-0.3, -0.25) is 0 Å². The van der Waals surface area contributed by atoms with Gasteiger partial charge in [0.15, 0.2) is 0 Å². The molecular weight excluding hydrogens is 476 g/mol.